The van der Waals surface area contributed by atoms with Crippen molar-refractivity contribution in [2.24, 2.45) is 5.73 Å². The molecular weight excluding hydrogens is 262 g/mol. The van der Waals surface area contributed by atoms with Crippen molar-refractivity contribution in [3.63, 3.8) is 0 Å². The Morgan fingerprint density at radius 3 is 2.58 bits per heavy atom. The van der Waals surface area contributed by atoms with Crippen molar-refractivity contribution in [1.82, 2.24) is 10.1 Å². The number of rotatable bonds is 3. The number of halogens is 1. The Morgan fingerprint density at radius 1 is 1.21 bits per heavy atom. The van der Waals surface area contributed by atoms with Crippen molar-refractivity contribution in [3.05, 3.63) is 46.6 Å². The van der Waals surface area contributed by atoms with E-state index in [2.05, 4.69) is 10.1 Å². The topological polar surface area (TPSA) is 64.9 Å². The molecule has 1 aromatic heterocycles. The molecule has 19 heavy (non-hydrogen) atoms. The van der Waals surface area contributed by atoms with Crippen LogP contribution in [0, 0.1) is 0 Å². The average Bonchev–Trinajstić information content (AvgIpc) is 3.02. The highest BCUT2D eigenvalue weighted by molar-refractivity contribution is 6.30. The second-order valence-electron chi connectivity index (χ2n) is 5.18. The van der Waals surface area contributed by atoms with E-state index in [0.717, 1.165) is 36.3 Å². The maximum absolute atomic E-state index is 6.29. The van der Waals surface area contributed by atoms with E-state index in [1.165, 1.54) is 0 Å². The summed E-state index contributed by atoms with van der Waals surface area (Å²) in [4.78, 5) is 4.45. The molecule has 1 heterocycles. The Morgan fingerprint density at radius 2 is 1.89 bits per heavy atom. The summed E-state index contributed by atoms with van der Waals surface area (Å²) in [5, 5.41) is 4.75. The fourth-order valence-electron chi connectivity index (χ4n) is 2.53. The first-order valence-electron chi connectivity index (χ1n) is 6.52. The van der Waals surface area contributed by atoms with Gasteiger partial charge in [-0.25, -0.2) is 0 Å². The maximum atomic E-state index is 6.29. The molecule has 1 aromatic carbocycles. The third kappa shape index (κ3) is 2.65. The maximum Gasteiger partial charge on any atom is 0.246 e. The molecule has 0 bridgehead atoms. The molecule has 1 saturated carbocycles. The Bertz CT molecular complexity index is 558. The molecule has 1 aliphatic carbocycles. The highest BCUT2D eigenvalue weighted by atomic mass is 35.5. The van der Waals surface area contributed by atoms with Gasteiger partial charge in [-0.2, -0.15) is 4.98 Å². The van der Waals surface area contributed by atoms with Crippen molar-refractivity contribution >= 4 is 11.6 Å². The van der Waals surface area contributed by atoms with Crippen LogP contribution in [0.25, 0.3) is 0 Å². The second-order valence-corrected chi connectivity index (χ2v) is 5.62. The second kappa shape index (κ2) is 4.94. The standard InChI is InChI=1S/C14H16ClN3O/c15-11-5-3-10(4-6-11)9-12-17-13(19-18-12)14(16)7-1-2-8-14/h3-6H,1-2,7-9,16H2. The van der Waals surface area contributed by atoms with Crippen LogP contribution in [0.3, 0.4) is 0 Å². The molecule has 1 fully saturated rings. The zero-order valence-electron chi connectivity index (χ0n) is 10.6. The van der Waals surface area contributed by atoms with E-state index >= 15 is 0 Å². The minimum atomic E-state index is -0.411. The van der Waals surface area contributed by atoms with Crippen molar-refractivity contribution in [2.75, 3.05) is 0 Å². The molecule has 0 aliphatic heterocycles. The van der Waals surface area contributed by atoms with Crippen LogP contribution < -0.4 is 5.73 Å². The van der Waals surface area contributed by atoms with Crippen LogP contribution >= 0.6 is 11.6 Å². The summed E-state index contributed by atoms with van der Waals surface area (Å²) < 4.78 is 5.34. The number of nitrogens with two attached hydrogens (primary N) is 1. The van der Waals surface area contributed by atoms with Gasteiger partial charge in [0.05, 0.1) is 5.54 Å². The third-order valence-electron chi connectivity index (χ3n) is 3.67. The average molecular weight is 278 g/mol. The van der Waals surface area contributed by atoms with E-state index in [1.54, 1.807) is 0 Å². The van der Waals surface area contributed by atoms with Crippen LogP contribution in [0.15, 0.2) is 28.8 Å². The molecule has 2 N–H and O–H groups in total. The first kappa shape index (κ1) is 12.6. The molecule has 0 radical (unpaired) electrons. The van der Waals surface area contributed by atoms with Gasteiger partial charge in [0, 0.05) is 11.4 Å². The van der Waals surface area contributed by atoms with Gasteiger partial charge in [-0.15, -0.1) is 0 Å². The summed E-state index contributed by atoms with van der Waals surface area (Å²) in [6.07, 6.45) is 4.75. The van der Waals surface area contributed by atoms with Gasteiger partial charge in [0.25, 0.3) is 0 Å². The van der Waals surface area contributed by atoms with Gasteiger partial charge < -0.3 is 10.3 Å². The molecule has 0 unspecified atom stereocenters. The zero-order valence-corrected chi connectivity index (χ0v) is 11.4. The van der Waals surface area contributed by atoms with E-state index in [1.807, 2.05) is 24.3 Å². The van der Waals surface area contributed by atoms with Gasteiger partial charge in [-0.3, -0.25) is 0 Å². The van der Waals surface area contributed by atoms with Crippen molar-refractivity contribution in [3.8, 4) is 0 Å². The van der Waals surface area contributed by atoms with Gasteiger partial charge in [0.2, 0.25) is 5.89 Å². The third-order valence-corrected chi connectivity index (χ3v) is 3.92. The zero-order chi connectivity index (χ0) is 13.3. The lowest BCUT2D eigenvalue weighted by Crippen LogP contribution is -2.33. The van der Waals surface area contributed by atoms with Gasteiger partial charge in [0.15, 0.2) is 5.82 Å². The Labute approximate surface area is 117 Å². The van der Waals surface area contributed by atoms with E-state index < -0.39 is 5.54 Å². The molecule has 5 heteroatoms. The smallest absolute Gasteiger partial charge is 0.246 e. The van der Waals surface area contributed by atoms with Crippen LogP contribution in [-0.2, 0) is 12.0 Å². The monoisotopic (exact) mass is 277 g/mol. The van der Waals surface area contributed by atoms with Crippen LogP contribution in [0.2, 0.25) is 5.02 Å². The number of nitrogens with zero attached hydrogens (tertiary/aromatic N) is 2. The van der Waals surface area contributed by atoms with Crippen LogP contribution in [0.5, 0.6) is 0 Å². The summed E-state index contributed by atoms with van der Waals surface area (Å²) in [7, 11) is 0. The highest BCUT2D eigenvalue weighted by Gasteiger charge is 2.36. The molecule has 0 atom stereocenters. The molecule has 3 rings (SSSR count). The fraction of sp³-hybridized carbons (Fsp3) is 0.429. The van der Waals surface area contributed by atoms with Crippen LogP contribution in [-0.4, -0.2) is 10.1 Å². The predicted octanol–water partition coefficient (Wildman–Crippen LogP) is 3.04. The Kier molecular flexibility index (Phi) is 3.29. The van der Waals surface area contributed by atoms with E-state index in [-0.39, 0.29) is 0 Å². The summed E-state index contributed by atoms with van der Waals surface area (Å²) in [5.74, 6) is 1.25. The molecule has 100 valence electrons. The molecule has 0 amide bonds. The van der Waals surface area contributed by atoms with E-state index in [9.17, 15) is 0 Å². The lowest BCUT2D eigenvalue weighted by atomic mass is 9.99. The van der Waals surface area contributed by atoms with Crippen molar-refractivity contribution in [1.29, 1.82) is 0 Å². The number of benzene rings is 1. The Hall–Kier alpha value is -1.39. The predicted molar refractivity (Wildman–Crippen MR) is 72.9 cm³/mol. The molecule has 0 saturated heterocycles. The largest absolute Gasteiger partial charge is 0.337 e. The highest BCUT2D eigenvalue weighted by Crippen LogP contribution is 2.35. The normalized spacial score (nSPS) is 17.8. The first-order chi connectivity index (χ1) is 9.16. The van der Waals surface area contributed by atoms with Gasteiger partial charge >= 0.3 is 0 Å². The van der Waals surface area contributed by atoms with Crippen LogP contribution in [0.4, 0.5) is 0 Å². The summed E-state index contributed by atoms with van der Waals surface area (Å²) in [5.41, 5.74) is 6.99. The van der Waals surface area contributed by atoms with Gasteiger partial charge in [-0.1, -0.05) is 41.7 Å². The first-order valence-corrected chi connectivity index (χ1v) is 6.90. The molecule has 1 aliphatic rings. The van der Waals surface area contributed by atoms with Crippen LogP contribution in [0.1, 0.15) is 43.0 Å². The Balaban J connectivity index is 1.76. The molecular formula is C14H16ClN3O. The van der Waals surface area contributed by atoms with E-state index in [4.69, 9.17) is 21.9 Å². The minimum Gasteiger partial charge on any atom is -0.337 e. The van der Waals surface area contributed by atoms with Gasteiger partial charge in [0.1, 0.15) is 0 Å². The SMILES string of the molecule is NC1(c2nc(Cc3ccc(Cl)cc3)no2)CCCC1. The summed E-state index contributed by atoms with van der Waals surface area (Å²) >= 11 is 5.86. The van der Waals surface area contributed by atoms with Crippen molar-refractivity contribution in [2.45, 2.75) is 37.6 Å². The quantitative estimate of drug-likeness (QED) is 0.936. The lowest BCUT2D eigenvalue weighted by molar-refractivity contribution is 0.284. The van der Waals surface area contributed by atoms with Gasteiger partial charge in [-0.05, 0) is 30.5 Å². The molecule has 4 nitrogen and oxygen atoms in total. The minimum absolute atomic E-state index is 0.411. The molecule has 0 spiro atoms. The number of hydrogen-bond acceptors (Lipinski definition) is 4. The molecule has 2 aromatic rings. The number of aromatic nitrogens is 2. The van der Waals surface area contributed by atoms with Crippen molar-refractivity contribution < 1.29 is 4.52 Å². The lowest BCUT2D eigenvalue weighted by Gasteiger charge is -2.17. The number of hydrogen-bond donors (Lipinski definition) is 1. The summed E-state index contributed by atoms with van der Waals surface area (Å²) in [6.45, 7) is 0. The summed E-state index contributed by atoms with van der Waals surface area (Å²) in [6, 6.07) is 7.65. The fourth-order valence-corrected chi connectivity index (χ4v) is 2.66. The van der Waals surface area contributed by atoms with E-state index in [0.29, 0.717) is 18.1 Å².